The maximum absolute atomic E-state index is 12.3. The molecule has 0 aliphatic carbocycles. The number of halogens is 1. The van der Waals surface area contributed by atoms with Gasteiger partial charge in [-0.15, -0.1) is 0 Å². The number of methoxy groups -OCH3 is 1. The van der Waals surface area contributed by atoms with E-state index in [2.05, 4.69) is 10.3 Å². The Morgan fingerprint density at radius 3 is 2.63 bits per heavy atom. The van der Waals surface area contributed by atoms with Gasteiger partial charge in [-0.2, -0.15) is 0 Å². The smallest absolute Gasteiger partial charge is 0.258 e. The number of ether oxygens (including phenoxy) is 2. The molecule has 0 radical (unpaired) electrons. The van der Waals surface area contributed by atoms with Crippen LogP contribution in [0.4, 0.5) is 0 Å². The minimum atomic E-state index is -0.206. The molecule has 140 valence electrons. The number of carbonyl (C=O) groups is 1. The van der Waals surface area contributed by atoms with Gasteiger partial charge in [-0.05, 0) is 49.7 Å². The molecule has 0 bridgehead atoms. The molecular formula is C21H21ClN2O3. The van der Waals surface area contributed by atoms with Crippen molar-refractivity contribution >= 4 is 28.4 Å². The highest BCUT2D eigenvalue weighted by Gasteiger charge is 2.12. The van der Waals surface area contributed by atoms with Crippen molar-refractivity contribution in [1.82, 2.24) is 10.3 Å². The molecule has 0 fully saturated rings. The maximum Gasteiger partial charge on any atom is 0.258 e. The molecule has 0 spiro atoms. The van der Waals surface area contributed by atoms with E-state index < -0.39 is 0 Å². The lowest BCUT2D eigenvalue weighted by Crippen LogP contribution is -2.31. The first-order chi connectivity index (χ1) is 13.0. The third-order valence-electron chi connectivity index (χ3n) is 4.21. The van der Waals surface area contributed by atoms with Crippen LogP contribution in [0, 0.1) is 6.92 Å². The molecule has 0 saturated carbocycles. The molecule has 1 unspecified atom stereocenters. The lowest BCUT2D eigenvalue weighted by Gasteiger charge is -2.15. The number of aromatic nitrogens is 1. The average molecular weight is 385 g/mol. The van der Waals surface area contributed by atoms with E-state index in [0.717, 1.165) is 22.2 Å². The summed E-state index contributed by atoms with van der Waals surface area (Å²) in [5, 5.41) is 4.39. The number of amides is 1. The Morgan fingerprint density at radius 2 is 1.93 bits per heavy atom. The van der Waals surface area contributed by atoms with Gasteiger partial charge in [0.2, 0.25) is 0 Å². The minimum absolute atomic E-state index is 0.0896. The molecule has 6 heteroatoms. The van der Waals surface area contributed by atoms with Gasteiger partial charge in [-0.1, -0.05) is 23.7 Å². The summed E-state index contributed by atoms with van der Waals surface area (Å²) in [7, 11) is 1.61. The zero-order chi connectivity index (χ0) is 19.4. The molecule has 0 aliphatic rings. The van der Waals surface area contributed by atoms with E-state index in [4.69, 9.17) is 21.1 Å². The van der Waals surface area contributed by atoms with Crippen LogP contribution in [0.1, 0.15) is 24.2 Å². The summed E-state index contributed by atoms with van der Waals surface area (Å²) in [4.78, 5) is 16.8. The first kappa shape index (κ1) is 19.0. The Morgan fingerprint density at radius 1 is 1.19 bits per heavy atom. The molecule has 0 aliphatic heterocycles. The molecule has 5 nitrogen and oxygen atoms in total. The topological polar surface area (TPSA) is 60.5 Å². The lowest BCUT2D eigenvalue weighted by atomic mass is 10.1. The van der Waals surface area contributed by atoms with Gasteiger partial charge in [-0.3, -0.25) is 9.78 Å². The number of carbonyl (C=O) groups excluding carboxylic acids is 1. The lowest BCUT2D eigenvalue weighted by molar-refractivity contribution is -0.123. The molecule has 1 amide bonds. The molecule has 3 aromatic rings. The minimum Gasteiger partial charge on any atom is -0.497 e. The van der Waals surface area contributed by atoms with Gasteiger partial charge in [0, 0.05) is 22.2 Å². The molecule has 1 N–H and O–H groups in total. The molecule has 1 atom stereocenters. The van der Waals surface area contributed by atoms with Crippen LogP contribution in [0.5, 0.6) is 11.5 Å². The first-order valence-electron chi connectivity index (χ1n) is 8.59. The third-order valence-corrected chi connectivity index (χ3v) is 4.46. The second-order valence-corrected chi connectivity index (χ2v) is 6.71. The van der Waals surface area contributed by atoms with Crippen LogP contribution in [-0.4, -0.2) is 24.6 Å². The predicted octanol–water partition coefficient (Wildman–Crippen LogP) is 4.46. The quantitative estimate of drug-likeness (QED) is 0.681. The Bertz CT molecular complexity index is 958. The van der Waals surface area contributed by atoms with Gasteiger partial charge < -0.3 is 14.8 Å². The number of nitrogens with zero attached hydrogens (tertiary/aromatic N) is 1. The summed E-state index contributed by atoms with van der Waals surface area (Å²) in [5.74, 6) is 1.10. The van der Waals surface area contributed by atoms with E-state index in [0.29, 0.717) is 16.5 Å². The van der Waals surface area contributed by atoms with Gasteiger partial charge >= 0.3 is 0 Å². The second-order valence-electron chi connectivity index (χ2n) is 6.27. The summed E-state index contributed by atoms with van der Waals surface area (Å²) >= 11 is 5.90. The van der Waals surface area contributed by atoms with Gasteiger partial charge in [0.05, 0.1) is 18.7 Å². The molecule has 1 heterocycles. The van der Waals surface area contributed by atoms with E-state index in [1.807, 2.05) is 50.2 Å². The maximum atomic E-state index is 12.3. The van der Waals surface area contributed by atoms with Crippen LogP contribution in [0.15, 0.2) is 48.5 Å². The largest absolute Gasteiger partial charge is 0.497 e. The Labute approximate surface area is 163 Å². The van der Waals surface area contributed by atoms with E-state index in [-0.39, 0.29) is 18.6 Å². The van der Waals surface area contributed by atoms with Gasteiger partial charge in [0.25, 0.3) is 5.91 Å². The van der Waals surface area contributed by atoms with Crippen molar-refractivity contribution in [2.24, 2.45) is 0 Å². The van der Waals surface area contributed by atoms with Crippen LogP contribution in [0.25, 0.3) is 10.9 Å². The summed E-state index contributed by atoms with van der Waals surface area (Å²) in [5.41, 5.74) is 2.58. The monoisotopic (exact) mass is 384 g/mol. The Kier molecular flexibility index (Phi) is 5.81. The Hall–Kier alpha value is -2.79. The number of benzene rings is 2. The van der Waals surface area contributed by atoms with E-state index >= 15 is 0 Å². The molecule has 2 aromatic carbocycles. The standard InChI is InChI=1S/C21H21ClN2O3/c1-13-10-20(18-11-17(26-3)8-9-19(18)23-13)27-12-21(25)24-14(2)15-4-6-16(22)7-5-15/h4-11,14H,12H2,1-3H3,(H,24,25). The van der Waals surface area contributed by atoms with Crippen molar-refractivity contribution in [3.05, 3.63) is 64.8 Å². The molecule has 3 rings (SSSR count). The zero-order valence-electron chi connectivity index (χ0n) is 15.5. The van der Waals surface area contributed by atoms with E-state index in [1.54, 1.807) is 19.2 Å². The average Bonchev–Trinajstić information content (AvgIpc) is 2.66. The first-order valence-corrected chi connectivity index (χ1v) is 8.97. The summed E-state index contributed by atoms with van der Waals surface area (Å²) in [6.07, 6.45) is 0. The van der Waals surface area contributed by atoms with Gasteiger partial charge in [0.1, 0.15) is 11.5 Å². The fourth-order valence-corrected chi connectivity index (χ4v) is 2.93. The number of pyridine rings is 1. The summed E-state index contributed by atoms with van der Waals surface area (Å²) in [6, 6.07) is 14.6. The summed E-state index contributed by atoms with van der Waals surface area (Å²) < 4.78 is 11.1. The van der Waals surface area contributed by atoms with Crippen LogP contribution >= 0.6 is 11.6 Å². The van der Waals surface area contributed by atoms with Crippen molar-refractivity contribution in [3.8, 4) is 11.5 Å². The van der Waals surface area contributed by atoms with Crippen molar-refractivity contribution in [2.45, 2.75) is 19.9 Å². The number of aryl methyl sites for hydroxylation is 1. The van der Waals surface area contributed by atoms with Gasteiger partial charge in [0.15, 0.2) is 6.61 Å². The van der Waals surface area contributed by atoms with Crippen LogP contribution in [-0.2, 0) is 4.79 Å². The Balaban J connectivity index is 1.70. The number of fused-ring (bicyclic) bond motifs is 1. The van der Waals surface area contributed by atoms with Crippen LogP contribution in [0.2, 0.25) is 5.02 Å². The van der Waals surface area contributed by atoms with Crippen molar-refractivity contribution in [1.29, 1.82) is 0 Å². The number of rotatable bonds is 6. The highest BCUT2D eigenvalue weighted by molar-refractivity contribution is 6.30. The zero-order valence-corrected chi connectivity index (χ0v) is 16.2. The highest BCUT2D eigenvalue weighted by atomic mass is 35.5. The second kappa shape index (κ2) is 8.27. The SMILES string of the molecule is COc1ccc2nc(C)cc(OCC(=O)NC(C)c3ccc(Cl)cc3)c2c1. The molecular weight excluding hydrogens is 364 g/mol. The normalized spacial score (nSPS) is 11.9. The van der Waals surface area contributed by atoms with Gasteiger partial charge in [-0.25, -0.2) is 0 Å². The fraction of sp³-hybridized carbons (Fsp3) is 0.238. The van der Waals surface area contributed by atoms with E-state index in [9.17, 15) is 4.79 Å². The van der Waals surface area contributed by atoms with E-state index in [1.165, 1.54) is 0 Å². The number of hydrogen-bond donors (Lipinski definition) is 1. The highest BCUT2D eigenvalue weighted by Crippen LogP contribution is 2.29. The van der Waals surface area contributed by atoms with Crippen LogP contribution in [0.3, 0.4) is 0 Å². The molecule has 0 saturated heterocycles. The molecule has 27 heavy (non-hydrogen) atoms. The van der Waals surface area contributed by atoms with Crippen molar-refractivity contribution in [3.63, 3.8) is 0 Å². The number of nitrogens with one attached hydrogen (secondary N) is 1. The predicted molar refractivity (Wildman–Crippen MR) is 107 cm³/mol. The van der Waals surface area contributed by atoms with Crippen molar-refractivity contribution < 1.29 is 14.3 Å². The van der Waals surface area contributed by atoms with Crippen molar-refractivity contribution in [2.75, 3.05) is 13.7 Å². The fourth-order valence-electron chi connectivity index (χ4n) is 2.81. The molecule has 1 aromatic heterocycles. The van der Waals surface area contributed by atoms with Crippen LogP contribution < -0.4 is 14.8 Å². The third kappa shape index (κ3) is 4.68. The summed E-state index contributed by atoms with van der Waals surface area (Å²) in [6.45, 7) is 3.71. The number of hydrogen-bond acceptors (Lipinski definition) is 4.